The predicted octanol–water partition coefficient (Wildman–Crippen LogP) is 3.73. The van der Waals surface area contributed by atoms with Gasteiger partial charge in [0.15, 0.2) is 0 Å². The summed E-state index contributed by atoms with van der Waals surface area (Å²) in [4.78, 5) is 10.9. The molecule has 1 saturated carbocycles. The Balaban J connectivity index is 1.61. The minimum Gasteiger partial charge on any atom is -0.481 e. The molecule has 1 heterocycles. The highest BCUT2D eigenvalue weighted by molar-refractivity contribution is 6.62. The molecule has 0 unspecified atom stereocenters. The summed E-state index contributed by atoms with van der Waals surface area (Å²) in [6.45, 7) is 8.27. The van der Waals surface area contributed by atoms with Crippen molar-refractivity contribution in [3.63, 3.8) is 0 Å². The Morgan fingerprint density at radius 3 is 2.04 bits per heavy atom. The maximum Gasteiger partial charge on any atom is 0.494 e. The fourth-order valence-corrected chi connectivity index (χ4v) is 3.85. The van der Waals surface area contributed by atoms with Gasteiger partial charge in [-0.15, -0.1) is 0 Å². The average Bonchev–Trinajstić information content (AvgIpc) is 2.76. The lowest BCUT2D eigenvalue weighted by Crippen LogP contribution is -2.41. The zero-order chi connectivity index (χ0) is 18.2. The molecule has 25 heavy (non-hydrogen) atoms. The van der Waals surface area contributed by atoms with E-state index in [1.807, 2.05) is 0 Å². The lowest BCUT2D eigenvalue weighted by atomic mass is 9.75. The van der Waals surface area contributed by atoms with Crippen LogP contribution < -0.4 is 5.46 Å². The molecule has 0 bridgehead atoms. The number of carboxylic acids is 1. The highest BCUT2D eigenvalue weighted by Gasteiger charge is 2.51. The van der Waals surface area contributed by atoms with E-state index in [1.165, 1.54) is 5.56 Å². The minimum atomic E-state index is -0.671. The van der Waals surface area contributed by atoms with Crippen LogP contribution in [-0.4, -0.2) is 29.4 Å². The minimum absolute atomic E-state index is 0.313. The van der Waals surface area contributed by atoms with Gasteiger partial charge in [-0.05, 0) is 76.2 Å². The molecule has 1 aliphatic heterocycles. The number of hydrogen-bond acceptors (Lipinski definition) is 3. The molecule has 0 aromatic heterocycles. The molecule has 3 rings (SSSR count). The second kappa shape index (κ2) is 6.77. The Kier molecular flexibility index (Phi) is 5.00. The number of carbonyl (C=O) groups is 1. The molecule has 0 spiro atoms. The third-order valence-electron chi connectivity index (χ3n) is 6.24. The highest BCUT2D eigenvalue weighted by Crippen LogP contribution is 2.38. The van der Waals surface area contributed by atoms with Crippen molar-refractivity contribution in [2.75, 3.05) is 0 Å². The molecule has 1 saturated heterocycles. The van der Waals surface area contributed by atoms with E-state index in [-0.39, 0.29) is 18.3 Å². The normalized spacial score (nSPS) is 28.1. The highest BCUT2D eigenvalue weighted by atomic mass is 16.7. The second-order valence-corrected chi connectivity index (χ2v) is 8.57. The maximum absolute atomic E-state index is 10.9. The van der Waals surface area contributed by atoms with Gasteiger partial charge in [-0.3, -0.25) is 4.79 Å². The SMILES string of the molecule is CC1(C)OB(c2ccc([C@H]3CC[C@H](CC(=O)O)CC3)cc2)OC1(C)C. The summed E-state index contributed by atoms with van der Waals surface area (Å²) in [6, 6.07) is 8.59. The molecule has 1 aliphatic carbocycles. The number of rotatable bonds is 4. The van der Waals surface area contributed by atoms with Crippen LogP contribution in [-0.2, 0) is 14.1 Å². The number of benzene rings is 1. The van der Waals surface area contributed by atoms with Gasteiger partial charge in [-0.2, -0.15) is 0 Å². The third-order valence-corrected chi connectivity index (χ3v) is 6.24. The van der Waals surface area contributed by atoms with Gasteiger partial charge in [-0.25, -0.2) is 0 Å². The van der Waals surface area contributed by atoms with E-state index >= 15 is 0 Å². The molecule has 1 aromatic rings. The van der Waals surface area contributed by atoms with E-state index in [4.69, 9.17) is 14.4 Å². The fraction of sp³-hybridized carbons (Fsp3) is 0.650. The van der Waals surface area contributed by atoms with Crippen LogP contribution in [0.5, 0.6) is 0 Å². The lowest BCUT2D eigenvalue weighted by Gasteiger charge is -2.32. The van der Waals surface area contributed by atoms with Crippen LogP contribution in [0.15, 0.2) is 24.3 Å². The zero-order valence-electron chi connectivity index (χ0n) is 15.7. The Hall–Kier alpha value is -1.33. The van der Waals surface area contributed by atoms with Crippen molar-refractivity contribution in [3.05, 3.63) is 29.8 Å². The molecule has 1 N–H and O–H groups in total. The quantitative estimate of drug-likeness (QED) is 0.846. The van der Waals surface area contributed by atoms with Crippen LogP contribution in [0.1, 0.15) is 71.3 Å². The van der Waals surface area contributed by atoms with Crippen molar-refractivity contribution in [2.24, 2.45) is 5.92 Å². The summed E-state index contributed by atoms with van der Waals surface area (Å²) >= 11 is 0. The molecule has 136 valence electrons. The van der Waals surface area contributed by atoms with Crippen LogP contribution in [0.3, 0.4) is 0 Å². The van der Waals surface area contributed by atoms with Crippen LogP contribution in [0.25, 0.3) is 0 Å². The topological polar surface area (TPSA) is 55.8 Å². The van der Waals surface area contributed by atoms with E-state index in [1.54, 1.807) is 0 Å². The number of aliphatic carboxylic acids is 1. The molecule has 2 aliphatic rings. The van der Waals surface area contributed by atoms with E-state index < -0.39 is 5.97 Å². The van der Waals surface area contributed by atoms with E-state index in [0.29, 0.717) is 18.3 Å². The Labute approximate surface area is 151 Å². The Morgan fingerprint density at radius 1 is 1.04 bits per heavy atom. The summed E-state index contributed by atoms with van der Waals surface area (Å²) in [5.41, 5.74) is 1.76. The molecule has 4 nitrogen and oxygen atoms in total. The third kappa shape index (κ3) is 3.93. The molecule has 0 amide bonds. The largest absolute Gasteiger partial charge is 0.494 e. The van der Waals surface area contributed by atoms with Crippen molar-refractivity contribution in [1.29, 1.82) is 0 Å². The van der Waals surface area contributed by atoms with Gasteiger partial charge in [0.25, 0.3) is 0 Å². The molecular formula is C20H29BO4. The van der Waals surface area contributed by atoms with Gasteiger partial charge < -0.3 is 14.4 Å². The monoisotopic (exact) mass is 344 g/mol. The molecule has 0 radical (unpaired) electrons. The van der Waals surface area contributed by atoms with Gasteiger partial charge in [0, 0.05) is 6.42 Å². The first-order chi connectivity index (χ1) is 11.7. The van der Waals surface area contributed by atoms with E-state index in [2.05, 4.69) is 52.0 Å². The van der Waals surface area contributed by atoms with Gasteiger partial charge in [0.05, 0.1) is 11.2 Å². The summed E-state index contributed by atoms with van der Waals surface area (Å²) < 4.78 is 12.2. The van der Waals surface area contributed by atoms with Gasteiger partial charge in [-0.1, -0.05) is 24.3 Å². The van der Waals surface area contributed by atoms with Crippen LogP contribution in [0.2, 0.25) is 0 Å². The predicted molar refractivity (Wildman–Crippen MR) is 99.1 cm³/mol. The smallest absolute Gasteiger partial charge is 0.481 e. The van der Waals surface area contributed by atoms with Crippen LogP contribution >= 0.6 is 0 Å². The first-order valence-corrected chi connectivity index (χ1v) is 9.35. The second-order valence-electron chi connectivity index (χ2n) is 8.57. The summed E-state index contributed by atoms with van der Waals surface area (Å²) in [6.07, 6.45) is 4.49. The van der Waals surface area contributed by atoms with Crippen LogP contribution in [0, 0.1) is 5.92 Å². The Morgan fingerprint density at radius 2 is 1.56 bits per heavy atom. The molecule has 0 atom stereocenters. The first kappa shape index (κ1) is 18.5. The molecule has 1 aromatic carbocycles. The summed E-state index contributed by atoms with van der Waals surface area (Å²) in [7, 11) is -0.314. The van der Waals surface area contributed by atoms with Crippen molar-refractivity contribution in [1.82, 2.24) is 0 Å². The van der Waals surface area contributed by atoms with Crippen molar-refractivity contribution in [3.8, 4) is 0 Å². The summed E-state index contributed by atoms with van der Waals surface area (Å²) in [5, 5.41) is 8.93. The van der Waals surface area contributed by atoms with Crippen molar-refractivity contribution in [2.45, 2.75) is 76.9 Å². The lowest BCUT2D eigenvalue weighted by molar-refractivity contribution is -0.138. The number of carboxylic acid groups (broad SMARTS) is 1. The zero-order valence-corrected chi connectivity index (χ0v) is 15.7. The maximum atomic E-state index is 10.9. The molecular weight excluding hydrogens is 315 g/mol. The van der Waals surface area contributed by atoms with Gasteiger partial charge >= 0.3 is 13.1 Å². The van der Waals surface area contributed by atoms with Crippen LogP contribution in [0.4, 0.5) is 0 Å². The van der Waals surface area contributed by atoms with Crippen molar-refractivity contribution >= 4 is 18.6 Å². The average molecular weight is 344 g/mol. The fourth-order valence-electron chi connectivity index (χ4n) is 3.85. The molecule has 5 heteroatoms. The first-order valence-electron chi connectivity index (χ1n) is 9.35. The van der Waals surface area contributed by atoms with Crippen molar-refractivity contribution < 1.29 is 19.2 Å². The summed E-state index contributed by atoms with van der Waals surface area (Å²) in [5.74, 6) is 0.213. The van der Waals surface area contributed by atoms with E-state index in [9.17, 15) is 4.79 Å². The van der Waals surface area contributed by atoms with Gasteiger partial charge in [0.1, 0.15) is 0 Å². The van der Waals surface area contributed by atoms with Gasteiger partial charge in [0.2, 0.25) is 0 Å². The van der Waals surface area contributed by atoms with E-state index in [0.717, 1.165) is 31.1 Å². The standard InChI is InChI=1S/C20H29BO4/c1-19(2)20(3,4)25-21(24-19)17-11-9-16(10-12-17)15-7-5-14(6-8-15)13-18(22)23/h9-12,14-15H,5-8,13H2,1-4H3,(H,22,23)/t14-,15-. The molecule has 2 fully saturated rings. The Bertz CT molecular complexity index is 599. The number of hydrogen-bond donors (Lipinski definition) is 1.